The molecule has 0 heterocycles. The summed E-state index contributed by atoms with van der Waals surface area (Å²) in [6.45, 7) is 1.97. The smallest absolute Gasteiger partial charge is 0.161 e. The minimum atomic E-state index is -1.17. The van der Waals surface area contributed by atoms with Gasteiger partial charge in [-0.1, -0.05) is 19.8 Å². The Labute approximate surface area is 104 Å². The van der Waals surface area contributed by atoms with E-state index in [9.17, 15) is 13.2 Å². The van der Waals surface area contributed by atoms with Gasteiger partial charge in [0.25, 0.3) is 0 Å². The van der Waals surface area contributed by atoms with Gasteiger partial charge in [-0.3, -0.25) is 0 Å². The summed E-state index contributed by atoms with van der Waals surface area (Å²) in [7, 11) is 0. The molecule has 0 spiro atoms. The van der Waals surface area contributed by atoms with Gasteiger partial charge < -0.3 is 0 Å². The van der Waals surface area contributed by atoms with Crippen LogP contribution in [0.25, 0.3) is 0 Å². The molecule has 1 atom stereocenters. The van der Waals surface area contributed by atoms with Crippen LogP contribution in [0.2, 0.25) is 0 Å². The molecule has 4 heteroatoms. The molecule has 1 aromatic rings. The molecule has 1 saturated carbocycles. The highest BCUT2D eigenvalue weighted by molar-refractivity contribution is 6.21. The molecule has 94 valence electrons. The van der Waals surface area contributed by atoms with Crippen molar-refractivity contribution in [1.29, 1.82) is 0 Å². The molecular formula is C13H14ClF3. The van der Waals surface area contributed by atoms with E-state index in [-0.39, 0.29) is 11.0 Å². The summed E-state index contributed by atoms with van der Waals surface area (Å²) in [5, 5.41) is -0.611. The molecule has 0 saturated heterocycles. The van der Waals surface area contributed by atoms with Crippen LogP contribution in [0.5, 0.6) is 0 Å². The highest BCUT2D eigenvalue weighted by Crippen LogP contribution is 2.51. The Hall–Kier alpha value is -0.700. The first kappa shape index (κ1) is 12.7. The number of hydrogen-bond acceptors (Lipinski definition) is 0. The number of alkyl halides is 1. The third kappa shape index (κ3) is 2.30. The van der Waals surface area contributed by atoms with Crippen molar-refractivity contribution in [1.82, 2.24) is 0 Å². The Bertz CT molecular complexity index is 425. The van der Waals surface area contributed by atoms with E-state index in [4.69, 9.17) is 11.6 Å². The third-order valence-corrected chi connectivity index (χ3v) is 4.43. The minimum absolute atomic E-state index is 0.0648. The van der Waals surface area contributed by atoms with Crippen LogP contribution in [0.3, 0.4) is 0 Å². The average Bonchev–Trinajstić information content (AvgIpc) is 2.71. The van der Waals surface area contributed by atoms with Crippen molar-refractivity contribution < 1.29 is 13.2 Å². The molecule has 1 aromatic carbocycles. The lowest BCUT2D eigenvalue weighted by atomic mass is 9.81. The van der Waals surface area contributed by atoms with E-state index in [1.54, 1.807) is 0 Å². The molecule has 0 aliphatic heterocycles. The molecule has 0 nitrogen and oxygen atoms in total. The van der Waals surface area contributed by atoms with Gasteiger partial charge in [-0.05, 0) is 24.3 Å². The van der Waals surface area contributed by atoms with E-state index in [1.165, 1.54) is 0 Å². The van der Waals surface area contributed by atoms with Crippen LogP contribution >= 0.6 is 11.6 Å². The molecule has 1 fully saturated rings. The SMILES string of the molecule is CC1(C(Cl)c2cc(F)c(F)cc2F)CCCC1. The molecule has 0 aromatic heterocycles. The van der Waals surface area contributed by atoms with E-state index < -0.39 is 22.8 Å². The maximum atomic E-state index is 13.6. The third-order valence-electron chi connectivity index (χ3n) is 3.67. The fourth-order valence-corrected chi connectivity index (χ4v) is 2.93. The van der Waals surface area contributed by atoms with Crippen molar-refractivity contribution in [2.75, 3.05) is 0 Å². The van der Waals surface area contributed by atoms with Crippen LogP contribution in [-0.4, -0.2) is 0 Å². The summed E-state index contributed by atoms with van der Waals surface area (Å²) < 4.78 is 39.6. The monoisotopic (exact) mass is 262 g/mol. The van der Waals surface area contributed by atoms with Gasteiger partial charge in [0, 0.05) is 11.6 Å². The van der Waals surface area contributed by atoms with E-state index in [2.05, 4.69) is 0 Å². The minimum Gasteiger partial charge on any atom is -0.207 e. The zero-order chi connectivity index (χ0) is 12.6. The van der Waals surface area contributed by atoms with E-state index >= 15 is 0 Å². The highest BCUT2D eigenvalue weighted by atomic mass is 35.5. The molecule has 1 aliphatic rings. The quantitative estimate of drug-likeness (QED) is 0.522. The largest absolute Gasteiger partial charge is 0.207 e. The number of hydrogen-bond donors (Lipinski definition) is 0. The Morgan fingerprint density at radius 1 is 1.06 bits per heavy atom. The lowest BCUT2D eigenvalue weighted by Gasteiger charge is -2.30. The second kappa shape index (κ2) is 4.52. The predicted molar refractivity (Wildman–Crippen MR) is 61.5 cm³/mol. The van der Waals surface area contributed by atoms with Crippen LogP contribution in [0, 0.1) is 22.9 Å². The summed E-state index contributed by atoms with van der Waals surface area (Å²) in [6, 6.07) is 1.45. The highest BCUT2D eigenvalue weighted by Gasteiger charge is 2.38. The van der Waals surface area contributed by atoms with Crippen LogP contribution in [0.15, 0.2) is 12.1 Å². The lowest BCUT2D eigenvalue weighted by Crippen LogP contribution is -2.19. The van der Waals surface area contributed by atoms with Crippen LogP contribution in [-0.2, 0) is 0 Å². The lowest BCUT2D eigenvalue weighted by molar-refractivity contribution is 0.315. The molecule has 2 rings (SSSR count). The van der Waals surface area contributed by atoms with Crippen molar-refractivity contribution >= 4 is 11.6 Å². The van der Waals surface area contributed by atoms with Gasteiger partial charge in [0.15, 0.2) is 11.6 Å². The van der Waals surface area contributed by atoms with E-state index in [0.717, 1.165) is 31.7 Å². The maximum absolute atomic E-state index is 13.6. The van der Waals surface area contributed by atoms with Gasteiger partial charge >= 0.3 is 0 Å². The van der Waals surface area contributed by atoms with Gasteiger partial charge in [0.05, 0.1) is 5.38 Å². The summed E-state index contributed by atoms with van der Waals surface area (Å²) in [5.74, 6) is -2.99. The maximum Gasteiger partial charge on any atom is 0.161 e. The molecule has 17 heavy (non-hydrogen) atoms. The number of benzene rings is 1. The summed E-state index contributed by atoms with van der Waals surface area (Å²) >= 11 is 6.25. The van der Waals surface area contributed by atoms with Crippen molar-refractivity contribution in [2.24, 2.45) is 5.41 Å². The van der Waals surface area contributed by atoms with Crippen LogP contribution in [0.1, 0.15) is 43.5 Å². The molecule has 0 bridgehead atoms. The molecule has 1 unspecified atom stereocenters. The van der Waals surface area contributed by atoms with Gasteiger partial charge in [0.2, 0.25) is 0 Å². The molecule has 0 amide bonds. The second-order valence-corrected chi connectivity index (χ2v) is 5.45. The van der Waals surface area contributed by atoms with Crippen molar-refractivity contribution in [3.63, 3.8) is 0 Å². The van der Waals surface area contributed by atoms with Crippen LogP contribution in [0.4, 0.5) is 13.2 Å². The van der Waals surface area contributed by atoms with Gasteiger partial charge in [-0.25, -0.2) is 13.2 Å². The Morgan fingerprint density at radius 2 is 1.59 bits per heavy atom. The Kier molecular flexibility index (Phi) is 3.39. The number of halogens is 4. The summed E-state index contributed by atoms with van der Waals surface area (Å²) in [5.41, 5.74) is -0.165. The first-order valence-electron chi connectivity index (χ1n) is 5.72. The fraction of sp³-hybridized carbons (Fsp3) is 0.538. The molecule has 0 N–H and O–H groups in total. The summed E-state index contributed by atoms with van der Waals surface area (Å²) in [4.78, 5) is 0. The van der Waals surface area contributed by atoms with Crippen molar-refractivity contribution in [3.8, 4) is 0 Å². The van der Waals surface area contributed by atoms with Gasteiger partial charge in [-0.15, -0.1) is 11.6 Å². The zero-order valence-electron chi connectivity index (χ0n) is 9.57. The fourth-order valence-electron chi connectivity index (χ4n) is 2.54. The van der Waals surface area contributed by atoms with Crippen LogP contribution < -0.4 is 0 Å². The van der Waals surface area contributed by atoms with E-state index in [1.807, 2.05) is 6.92 Å². The van der Waals surface area contributed by atoms with Gasteiger partial charge in [-0.2, -0.15) is 0 Å². The number of rotatable bonds is 2. The first-order valence-corrected chi connectivity index (χ1v) is 6.16. The van der Waals surface area contributed by atoms with Crippen molar-refractivity contribution in [2.45, 2.75) is 38.0 Å². The van der Waals surface area contributed by atoms with Crippen molar-refractivity contribution in [3.05, 3.63) is 35.1 Å². The normalized spacial score (nSPS) is 20.5. The summed E-state index contributed by atoms with van der Waals surface area (Å²) in [6.07, 6.45) is 3.87. The molecular weight excluding hydrogens is 249 g/mol. The Balaban J connectivity index is 2.36. The Morgan fingerprint density at radius 3 is 2.18 bits per heavy atom. The zero-order valence-corrected chi connectivity index (χ0v) is 10.3. The van der Waals surface area contributed by atoms with E-state index in [0.29, 0.717) is 6.07 Å². The second-order valence-electron chi connectivity index (χ2n) is 5.01. The standard InChI is InChI=1S/C13H14ClF3/c1-13(4-2-3-5-13)12(14)8-6-10(16)11(17)7-9(8)15/h6-7,12H,2-5H2,1H3. The van der Waals surface area contributed by atoms with Gasteiger partial charge in [0.1, 0.15) is 5.82 Å². The topological polar surface area (TPSA) is 0 Å². The predicted octanol–water partition coefficient (Wildman–Crippen LogP) is 4.96. The average molecular weight is 263 g/mol. The molecule has 1 aliphatic carbocycles. The molecule has 0 radical (unpaired) electrons. The first-order chi connectivity index (χ1) is 7.94.